The quantitative estimate of drug-likeness (QED) is 0.762. The molecule has 18 heavy (non-hydrogen) atoms. The van der Waals surface area contributed by atoms with E-state index in [-0.39, 0.29) is 0 Å². The van der Waals surface area contributed by atoms with Gasteiger partial charge in [-0.05, 0) is 36.2 Å². The highest BCUT2D eigenvalue weighted by atomic mass is 16.1. The summed E-state index contributed by atoms with van der Waals surface area (Å²) in [5, 5.41) is 0. The van der Waals surface area contributed by atoms with Crippen molar-refractivity contribution in [3.05, 3.63) is 65.2 Å². The van der Waals surface area contributed by atoms with Gasteiger partial charge in [0, 0.05) is 24.8 Å². The monoisotopic (exact) mass is 239 g/mol. The maximum atomic E-state index is 10.8. The molecule has 0 aromatic heterocycles. The fraction of sp³-hybridized carbons (Fsp3) is 0.188. The standard InChI is InChI=1S/C16H17NO/c1-13-10-16(9-8-15(13)12-18)17(2)11-14-6-4-3-5-7-14/h3-10,12H,11H2,1-2H3. The van der Waals surface area contributed by atoms with Gasteiger partial charge in [0.1, 0.15) is 6.29 Å². The van der Waals surface area contributed by atoms with Gasteiger partial charge in [-0.3, -0.25) is 4.79 Å². The molecule has 2 heteroatoms. The number of carbonyl (C=O) groups is 1. The van der Waals surface area contributed by atoms with Crippen LogP contribution in [0.15, 0.2) is 48.5 Å². The third-order valence-corrected chi connectivity index (χ3v) is 3.08. The summed E-state index contributed by atoms with van der Waals surface area (Å²) in [6.45, 7) is 2.82. The van der Waals surface area contributed by atoms with Crippen LogP contribution in [0.2, 0.25) is 0 Å². The van der Waals surface area contributed by atoms with Crippen molar-refractivity contribution in [1.82, 2.24) is 0 Å². The Labute approximate surface area is 108 Å². The number of anilines is 1. The highest BCUT2D eigenvalue weighted by molar-refractivity contribution is 5.78. The summed E-state index contributed by atoms with van der Waals surface area (Å²) in [4.78, 5) is 13.0. The fourth-order valence-corrected chi connectivity index (χ4v) is 1.98. The van der Waals surface area contributed by atoms with Gasteiger partial charge in [0.2, 0.25) is 0 Å². The molecule has 0 spiro atoms. The van der Waals surface area contributed by atoms with Crippen molar-refractivity contribution in [3.63, 3.8) is 0 Å². The van der Waals surface area contributed by atoms with Crippen molar-refractivity contribution in [2.75, 3.05) is 11.9 Å². The first-order valence-corrected chi connectivity index (χ1v) is 6.01. The molecule has 0 amide bonds. The van der Waals surface area contributed by atoms with Gasteiger partial charge >= 0.3 is 0 Å². The molecule has 0 N–H and O–H groups in total. The molecule has 0 atom stereocenters. The molecule has 0 saturated carbocycles. The molecule has 0 unspecified atom stereocenters. The van der Waals surface area contributed by atoms with Crippen molar-refractivity contribution in [2.45, 2.75) is 13.5 Å². The van der Waals surface area contributed by atoms with Gasteiger partial charge in [-0.15, -0.1) is 0 Å². The summed E-state index contributed by atoms with van der Waals surface area (Å²) in [5.74, 6) is 0. The Morgan fingerprint density at radius 3 is 2.44 bits per heavy atom. The zero-order chi connectivity index (χ0) is 13.0. The van der Waals surface area contributed by atoms with Crippen LogP contribution in [-0.4, -0.2) is 13.3 Å². The minimum atomic E-state index is 0.756. The molecular weight excluding hydrogens is 222 g/mol. The Bertz CT molecular complexity index is 534. The molecule has 2 rings (SSSR count). The van der Waals surface area contributed by atoms with E-state index < -0.39 is 0 Å². The van der Waals surface area contributed by atoms with Crippen molar-refractivity contribution in [1.29, 1.82) is 0 Å². The Morgan fingerprint density at radius 2 is 1.83 bits per heavy atom. The predicted molar refractivity (Wildman–Crippen MR) is 75.1 cm³/mol. The van der Waals surface area contributed by atoms with Crippen molar-refractivity contribution in [3.8, 4) is 0 Å². The Kier molecular flexibility index (Phi) is 3.78. The van der Waals surface area contributed by atoms with E-state index >= 15 is 0 Å². The van der Waals surface area contributed by atoms with E-state index in [1.165, 1.54) is 5.56 Å². The lowest BCUT2D eigenvalue weighted by atomic mass is 10.1. The molecule has 0 aliphatic heterocycles. The largest absolute Gasteiger partial charge is 0.370 e. The van der Waals surface area contributed by atoms with Gasteiger partial charge in [-0.1, -0.05) is 30.3 Å². The van der Waals surface area contributed by atoms with E-state index in [2.05, 4.69) is 24.1 Å². The number of aldehydes is 1. The Balaban J connectivity index is 2.16. The van der Waals surface area contributed by atoms with Gasteiger partial charge < -0.3 is 4.90 Å². The normalized spacial score (nSPS) is 10.1. The van der Waals surface area contributed by atoms with Crippen LogP contribution in [0.25, 0.3) is 0 Å². The van der Waals surface area contributed by atoms with Crippen LogP contribution in [0.5, 0.6) is 0 Å². The minimum Gasteiger partial charge on any atom is -0.370 e. The number of benzene rings is 2. The topological polar surface area (TPSA) is 20.3 Å². The summed E-state index contributed by atoms with van der Waals surface area (Å²) >= 11 is 0. The number of hydrogen-bond donors (Lipinski definition) is 0. The van der Waals surface area contributed by atoms with Gasteiger partial charge in [-0.25, -0.2) is 0 Å². The SMILES string of the molecule is Cc1cc(N(C)Cc2ccccc2)ccc1C=O. The van der Waals surface area contributed by atoms with Crippen molar-refractivity contribution >= 4 is 12.0 Å². The highest BCUT2D eigenvalue weighted by Gasteiger charge is 2.04. The van der Waals surface area contributed by atoms with Crippen LogP contribution < -0.4 is 4.90 Å². The second-order valence-corrected chi connectivity index (χ2v) is 4.50. The van der Waals surface area contributed by atoms with Crippen LogP contribution in [0.4, 0.5) is 5.69 Å². The molecule has 0 saturated heterocycles. The second-order valence-electron chi connectivity index (χ2n) is 4.50. The van der Waals surface area contributed by atoms with E-state index in [0.717, 1.165) is 29.6 Å². The smallest absolute Gasteiger partial charge is 0.150 e. The number of hydrogen-bond acceptors (Lipinski definition) is 2. The van der Waals surface area contributed by atoms with E-state index in [1.807, 2.05) is 43.3 Å². The number of nitrogens with zero attached hydrogens (tertiary/aromatic N) is 1. The van der Waals surface area contributed by atoms with Crippen LogP contribution in [-0.2, 0) is 6.54 Å². The third-order valence-electron chi connectivity index (χ3n) is 3.08. The minimum absolute atomic E-state index is 0.756. The summed E-state index contributed by atoms with van der Waals surface area (Å²) in [5.41, 5.74) is 4.17. The lowest BCUT2D eigenvalue weighted by Gasteiger charge is -2.20. The molecule has 2 aromatic rings. The van der Waals surface area contributed by atoms with Gasteiger partial charge in [0.05, 0.1) is 0 Å². The zero-order valence-corrected chi connectivity index (χ0v) is 10.8. The first-order chi connectivity index (χ1) is 8.70. The number of aryl methyl sites for hydroxylation is 1. The van der Waals surface area contributed by atoms with Crippen LogP contribution in [0.1, 0.15) is 21.5 Å². The van der Waals surface area contributed by atoms with Crippen molar-refractivity contribution in [2.24, 2.45) is 0 Å². The molecule has 0 fully saturated rings. The van der Waals surface area contributed by atoms with E-state index in [9.17, 15) is 4.79 Å². The maximum Gasteiger partial charge on any atom is 0.150 e. The molecule has 0 heterocycles. The Morgan fingerprint density at radius 1 is 1.11 bits per heavy atom. The molecular formula is C16H17NO. The average molecular weight is 239 g/mol. The summed E-state index contributed by atoms with van der Waals surface area (Å²) < 4.78 is 0. The first-order valence-electron chi connectivity index (χ1n) is 6.01. The molecule has 92 valence electrons. The molecule has 0 radical (unpaired) electrons. The third kappa shape index (κ3) is 2.77. The van der Waals surface area contributed by atoms with Gasteiger partial charge in [-0.2, -0.15) is 0 Å². The van der Waals surface area contributed by atoms with Crippen LogP contribution >= 0.6 is 0 Å². The Hall–Kier alpha value is -2.09. The fourth-order valence-electron chi connectivity index (χ4n) is 1.98. The van der Waals surface area contributed by atoms with E-state index in [4.69, 9.17) is 0 Å². The van der Waals surface area contributed by atoms with Gasteiger partial charge in [0.25, 0.3) is 0 Å². The van der Waals surface area contributed by atoms with Crippen LogP contribution in [0, 0.1) is 6.92 Å². The first kappa shape index (κ1) is 12.4. The molecule has 2 nitrogen and oxygen atoms in total. The summed E-state index contributed by atoms with van der Waals surface area (Å²) in [6.07, 6.45) is 0.899. The molecule has 2 aromatic carbocycles. The molecule has 0 aliphatic carbocycles. The van der Waals surface area contributed by atoms with Gasteiger partial charge in [0.15, 0.2) is 0 Å². The van der Waals surface area contributed by atoms with Crippen molar-refractivity contribution < 1.29 is 4.79 Å². The number of carbonyl (C=O) groups excluding carboxylic acids is 1. The lowest BCUT2D eigenvalue weighted by molar-refractivity contribution is 0.112. The zero-order valence-electron chi connectivity index (χ0n) is 10.8. The lowest BCUT2D eigenvalue weighted by Crippen LogP contribution is -2.16. The number of rotatable bonds is 4. The predicted octanol–water partition coefficient (Wildman–Crippen LogP) is 3.44. The molecule has 0 aliphatic rings. The summed E-state index contributed by atoms with van der Waals surface area (Å²) in [7, 11) is 2.06. The van der Waals surface area contributed by atoms with E-state index in [1.54, 1.807) is 0 Å². The van der Waals surface area contributed by atoms with Crippen LogP contribution in [0.3, 0.4) is 0 Å². The van der Waals surface area contributed by atoms with E-state index in [0.29, 0.717) is 0 Å². The highest BCUT2D eigenvalue weighted by Crippen LogP contribution is 2.19. The second kappa shape index (κ2) is 5.50. The average Bonchev–Trinajstić information content (AvgIpc) is 2.39. The summed E-state index contributed by atoms with van der Waals surface area (Å²) in [6, 6.07) is 16.2. The molecule has 0 bridgehead atoms. The maximum absolute atomic E-state index is 10.8.